The van der Waals surface area contributed by atoms with Gasteiger partial charge in [0.25, 0.3) is 0 Å². The van der Waals surface area contributed by atoms with Crippen molar-refractivity contribution < 1.29 is 0 Å². The SMILES string of the molecule is Cc1c2ccccc2c(-c2ccc(-c3ccc4c(c3)C(C)(C)c3cc(-c5ccc6c(c5)C(C)(C)c5cc(-c7ccc(-c8c9ccccc9c(C)c9ccccc89)cc7)ccc5-6)ccc3-4)cc2)c2ccccc12. The van der Waals surface area contributed by atoms with Crippen LogP contribution >= 0.6 is 0 Å². The topological polar surface area (TPSA) is 0 Å². The van der Waals surface area contributed by atoms with Crippen LogP contribution in [0.4, 0.5) is 0 Å². The van der Waals surface area contributed by atoms with Crippen molar-refractivity contribution in [3.63, 3.8) is 0 Å². The molecule has 0 amide bonds. The summed E-state index contributed by atoms with van der Waals surface area (Å²) in [6.07, 6.45) is 0. The molecule has 12 aromatic rings. The number of benzene rings is 12. The molecular weight excluding hydrogens is 865 g/mol. The van der Waals surface area contributed by atoms with E-state index in [4.69, 9.17) is 0 Å². The summed E-state index contributed by atoms with van der Waals surface area (Å²) in [5.74, 6) is 0. The lowest BCUT2D eigenvalue weighted by molar-refractivity contribution is 0.660. The first-order valence-corrected chi connectivity index (χ1v) is 25.7. The van der Waals surface area contributed by atoms with Crippen LogP contribution in [-0.2, 0) is 10.8 Å². The molecule has 2 aliphatic carbocycles. The first-order chi connectivity index (χ1) is 35.0. The van der Waals surface area contributed by atoms with E-state index in [1.54, 1.807) is 0 Å². The molecule has 0 atom stereocenters. The highest BCUT2D eigenvalue weighted by molar-refractivity contribution is 6.16. The van der Waals surface area contributed by atoms with E-state index >= 15 is 0 Å². The maximum atomic E-state index is 2.47. The van der Waals surface area contributed by atoms with E-state index in [2.05, 4.69) is 260 Å². The van der Waals surface area contributed by atoms with E-state index in [-0.39, 0.29) is 10.8 Å². The van der Waals surface area contributed by atoms with Gasteiger partial charge in [-0.2, -0.15) is 0 Å². The monoisotopic (exact) mass is 918 g/mol. The summed E-state index contributed by atoms with van der Waals surface area (Å²) >= 11 is 0. The third-order valence-corrected chi connectivity index (χ3v) is 17.1. The van der Waals surface area contributed by atoms with Crippen LogP contribution < -0.4 is 0 Å². The van der Waals surface area contributed by atoms with Crippen molar-refractivity contribution >= 4 is 43.1 Å². The predicted molar refractivity (Wildman–Crippen MR) is 308 cm³/mol. The third kappa shape index (κ3) is 6.18. The van der Waals surface area contributed by atoms with E-state index in [0.29, 0.717) is 0 Å². The zero-order chi connectivity index (χ0) is 48.6. The van der Waals surface area contributed by atoms with Gasteiger partial charge >= 0.3 is 0 Å². The summed E-state index contributed by atoms with van der Waals surface area (Å²) in [5.41, 5.74) is 25.9. The first kappa shape index (κ1) is 42.5. The Morgan fingerprint density at radius 2 is 0.431 bits per heavy atom. The lowest BCUT2D eigenvalue weighted by atomic mass is 9.79. The molecule has 0 bridgehead atoms. The van der Waals surface area contributed by atoms with Gasteiger partial charge in [-0.05, 0) is 192 Å². The van der Waals surface area contributed by atoms with E-state index < -0.39 is 0 Å². The van der Waals surface area contributed by atoms with Crippen LogP contribution in [0.5, 0.6) is 0 Å². The van der Waals surface area contributed by atoms with Crippen molar-refractivity contribution in [2.45, 2.75) is 52.4 Å². The molecule has 342 valence electrons. The van der Waals surface area contributed by atoms with Crippen LogP contribution in [0.25, 0.3) is 121 Å². The minimum absolute atomic E-state index is 0.154. The van der Waals surface area contributed by atoms with Gasteiger partial charge in [-0.3, -0.25) is 0 Å². The summed E-state index contributed by atoms with van der Waals surface area (Å²) in [5, 5.41) is 10.5. The average molecular weight is 919 g/mol. The largest absolute Gasteiger partial charge is 0.0616 e. The van der Waals surface area contributed by atoms with E-state index in [1.165, 1.54) is 154 Å². The van der Waals surface area contributed by atoms with Crippen LogP contribution in [0, 0.1) is 13.8 Å². The van der Waals surface area contributed by atoms with E-state index in [1.807, 2.05) is 0 Å². The lowest BCUT2D eigenvalue weighted by Crippen LogP contribution is -2.15. The van der Waals surface area contributed by atoms with Crippen molar-refractivity contribution in [3.8, 4) is 77.9 Å². The number of hydrogen-bond acceptors (Lipinski definition) is 0. The Labute approximate surface area is 422 Å². The van der Waals surface area contributed by atoms with Gasteiger partial charge in [-0.25, -0.2) is 0 Å². The molecule has 0 fully saturated rings. The standard InChI is InChI=1S/C72H54/c1-43-53-15-7-11-19-61(53)69(62-20-12-8-16-54(43)62)47-27-23-45(24-28-47)49-31-35-57-59-37-33-51(41-67(59)71(3,4)65(57)39-49)52-34-38-60-58-36-32-50(40-66(58)72(5,6)68(60)42-52)46-25-29-48(30-26-46)70-63-21-13-9-17-55(63)44(2)56-18-10-14-22-64(56)70/h7-42H,1-6H3. The van der Waals surface area contributed by atoms with Gasteiger partial charge < -0.3 is 0 Å². The number of hydrogen-bond donors (Lipinski definition) is 0. The quantitative estimate of drug-likeness (QED) is 0.151. The maximum Gasteiger partial charge on any atom is 0.0159 e. The third-order valence-electron chi connectivity index (χ3n) is 17.1. The van der Waals surface area contributed by atoms with Crippen molar-refractivity contribution in [3.05, 3.63) is 252 Å². The smallest absolute Gasteiger partial charge is 0.0159 e. The highest BCUT2D eigenvalue weighted by Crippen LogP contribution is 2.54. The molecule has 2 aliphatic rings. The van der Waals surface area contributed by atoms with Crippen LogP contribution in [-0.4, -0.2) is 0 Å². The average Bonchev–Trinajstić information content (AvgIpc) is 3.79. The Balaban J connectivity index is 0.752. The molecule has 0 saturated carbocycles. The Morgan fingerprint density at radius 3 is 0.694 bits per heavy atom. The van der Waals surface area contributed by atoms with Crippen molar-refractivity contribution in [2.75, 3.05) is 0 Å². The fraction of sp³-hybridized carbons (Fsp3) is 0.111. The number of aryl methyl sites for hydroxylation is 2. The maximum absolute atomic E-state index is 2.47. The molecule has 0 heteroatoms. The summed E-state index contributed by atoms with van der Waals surface area (Å²) in [7, 11) is 0. The molecule has 0 spiro atoms. The van der Waals surface area contributed by atoms with Crippen LogP contribution in [0.3, 0.4) is 0 Å². The molecule has 72 heavy (non-hydrogen) atoms. The predicted octanol–water partition coefficient (Wildman–Crippen LogP) is 19.9. The zero-order valence-electron chi connectivity index (χ0n) is 41.8. The molecule has 0 N–H and O–H groups in total. The van der Waals surface area contributed by atoms with Gasteiger partial charge in [0.1, 0.15) is 0 Å². The first-order valence-electron chi connectivity index (χ1n) is 25.7. The fourth-order valence-corrected chi connectivity index (χ4v) is 13.2. The lowest BCUT2D eigenvalue weighted by Gasteiger charge is -2.24. The molecule has 0 aromatic heterocycles. The van der Waals surface area contributed by atoms with Crippen molar-refractivity contribution in [1.82, 2.24) is 0 Å². The van der Waals surface area contributed by atoms with Crippen LogP contribution in [0.1, 0.15) is 61.1 Å². The van der Waals surface area contributed by atoms with Gasteiger partial charge in [0.15, 0.2) is 0 Å². The van der Waals surface area contributed by atoms with Gasteiger partial charge in [0.05, 0.1) is 0 Å². The zero-order valence-corrected chi connectivity index (χ0v) is 41.8. The second-order valence-corrected chi connectivity index (χ2v) is 21.6. The second-order valence-electron chi connectivity index (χ2n) is 21.6. The normalized spacial score (nSPS) is 13.9. The molecular formula is C72H54. The minimum atomic E-state index is -0.154. The van der Waals surface area contributed by atoms with Crippen molar-refractivity contribution in [1.29, 1.82) is 0 Å². The number of rotatable bonds is 5. The van der Waals surface area contributed by atoms with Gasteiger partial charge in [0.2, 0.25) is 0 Å². The van der Waals surface area contributed by atoms with Gasteiger partial charge in [-0.15, -0.1) is 0 Å². The Kier molecular flexibility index (Phi) is 9.21. The molecule has 0 saturated heterocycles. The molecule has 0 radical (unpaired) electrons. The summed E-state index contributed by atoms with van der Waals surface area (Å²) in [6.45, 7) is 14.1. The van der Waals surface area contributed by atoms with Gasteiger partial charge in [-0.1, -0.05) is 222 Å². The minimum Gasteiger partial charge on any atom is -0.0616 e. The highest BCUT2D eigenvalue weighted by atomic mass is 14.4. The van der Waals surface area contributed by atoms with Crippen molar-refractivity contribution in [2.24, 2.45) is 0 Å². The number of fused-ring (bicyclic) bond motifs is 10. The van der Waals surface area contributed by atoms with E-state index in [0.717, 1.165) is 0 Å². The second kappa shape index (κ2) is 15.6. The fourth-order valence-electron chi connectivity index (χ4n) is 13.2. The van der Waals surface area contributed by atoms with Crippen LogP contribution in [0.2, 0.25) is 0 Å². The summed E-state index contributed by atoms with van der Waals surface area (Å²) < 4.78 is 0. The molecule has 0 unspecified atom stereocenters. The molecule has 14 rings (SSSR count). The molecule has 12 aromatic carbocycles. The molecule has 0 nitrogen and oxygen atoms in total. The molecule has 0 aliphatic heterocycles. The Morgan fingerprint density at radius 1 is 0.222 bits per heavy atom. The van der Waals surface area contributed by atoms with E-state index in [9.17, 15) is 0 Å². The molecule has 0 heterocycles. The summed E-state index contributed by atoms with van der Waals surface area (Å²) in [6, 6.07) is 82.6. The highest BCUT2D eigenvalue weighted by Gasteiger charge is 2.38. The van der Waals surface area contributed by atoms with Crippen LogP contribution in [0.15, 0.2) is 218 Å². The summed E-state index contributed by atoms with van der Waals surface area (Å²) in [4.78, 5) is 0. The Hall–Kier alpha value is -8.32. The van der Waals surface area contributed by atoms with Gasteiger partial charge in [0, 0.05) is 10.8 Å². The Bertz CT molecular complexity index is 3860.